The molecule has 0 aromatic heterocycles. The van der Waals surface area contributed by atoms with Crippen LogP contribution in [0.1, 0.15) is 30.9 Å². The summed E-state index contributed by atoms with van der Waals surface area (Å²) in [4.78, 5) is 37.4. The zero-order valence-corrected chi connectivity index (χ0v) is 20.8. The largest absolute Gasteiger partial charge is 0.504 e. The summed E-state index contributed by atoms with van der Waals surface area (Å²) in [7, 11) is 0. The molecule has 12 heteroatoms. The van der Waals surface area contributed by atoms with Crippen LogP contribution in [-0.4, -0.2) is 79.1 Å². The molecule has 1 aliphatic carbocycles. The summed E-state index contributed by atoms with van der Waals surface area (Å²) in [5.41, 5.74) is -1.55. The molecule has 6 N–H and O–H groups in total. The number of rotatable bonds is 8. The van der Waals surface area contributed by atoms with E-state index in [-0.39, 0.29) is 18.1 Å². The van der Waals surface area contributed by atoms with Gasteiger partial charge in [0.05, 0.1) is 12.7 Å². The van der Waals surface area contributed by atoms with E-state index in [1.807, 2.05) is 0 Å². The molecule has 3 rings (SSSR count). The molecular weight excluding hydrogens is 516 g/mol. The van der Waals surface area contributed by atoms with Crippen LogP contribution in [0.5, 0.6) is 23.0 Å². The lowest BCUT2D eigenvalue weighted by Gasteiger charge is -2.41. The number of ether oxygens (including phenoxy) is 3. The minimum absolute atomic E-state index is 0.0556. The van der Waals surface area contributed by atoms with Crippen molar-refractivity contribution >= 4 is 30.1 Å². The topological polar surface area (TPSA) is 200 Å². The summed E-state index contributed by atoms with van der Waals surface area (Å²) in [6.45, 7) is 1.47. The van der Waals surface area contributed by atoms with Crippen LogP contribution < -0.4 is 0 Å². The number of phenols is 4. The predicted octanol–water partition coefficient (Wildman–Crippen LogP) is 1.51. The van der Waals surface area contributed by atoms with Crippen molar-refractivity contribution in [2.24, 2.45) is 0 Å². The number of aliphatic hydroxyl groups is 2. The van der Waals surface area contributed by atoms with Crippen molar-refractivity contribution in [2.45, 2.75) is 43.7 Å². The first-order valence-electron chi connectivity index (χ1n) is 11.8. The van der Waals surface area contributed by atoms with Crippen molar-refractivity contribution in [2.75, 3.05) is 6.61 Å². The minimum Gasteiger partial charge on any atom is -0.504 e. The first-order valence-corrected chi connectivity index (χ1v) is 11.8. The highest BCUT2D eigenvalue weighted by Gasteiger charge is 2.53. The molecule has 0 heterocycles. The third kappa shape index (κ3) is 7.49. The van der Waals surface area contributed by atoms with E-state index >= 15 is 0 Å². The van der Waals surface area contributed by atoms with E-state index in [9.17, 15) is 45.0 Å². The number of carbonyl (C=O) groups excluding carboxylic acids is 3. The molecule has 208 valence electrons. The van der Waals surface area contributed by atoms with Gasteiger partial charge in [-0.25, -0.2) is 14.4 Å². The van der Waals surface area contributed by atoms with Crippen LogP contribution in [0.25, 0.3) is 12.2 Å². The third-order valence-electron chi connectivity index (χ3n) is 5.83. The van der Waals surface area contributed by atoms with Crippen molar-refractivity contribution in [3.8, 4) is 23.0 Å². The van der Waals surface area contributed by atoms with E-state index in [1.165, 1.54) is 55.5 Å². The van der Waals surface area contributed by atoms with Crippen LogP contribution in [0, 0.1) is 0 Å². The maximum atomic E-state index is 12.6. The summed E-state index contributed by atoms with van der Waals surface area (Å²) in [6, 6.07) is 7.63. The summed E-state index contributed by atoms with van der Waals surface area (Å²) in [6.07, 6.45) is -1.21. The highest BCUT2D eigenvalue weighted by Crippen LogP contribution is 2.34. The molecular formula is C27H28O12. The quantitative estimate of drug-likeness (QED) is 0.121. The van der Waals surface area contributed by atoms with E-state index in [2.05, 4.69) is 0 Å². The molecule has 1 aliphatic rings. The molecule has 0 radical (unpaired) electrons. The molecule has 2 aromatic carbocycles. The number of esters is 3. The molecule has 12 nitrogen and oxygen atoms in total. The second-order valence-electron chi connectivity index (χ2n) is 8.77. The Morgan fingerprint density at radius 1 is 0.846 bits per heavy atom. The maximum Gasteiger partial charge on any atom is 0.338 e. The molecule has 39 heavy (non-hydrogen) atoms. The fraction of sp³-hybridized carbons (Fsp3) is 0.296. The molecule has 0 unspecified atom stereocenters. The van der Waals surface area contributed by atoms with Gasteiger partial charge in [-0.15, -0.1) is 0 Å². The molecule has 0 spiro atoms. The second-order valence-corrected chi connectivity index (χ2v) is 8.77. The van der Waals surface area contributed by atoms with Crippen LogP contribution in [0.3, 0.4) is 0 Å². The molecule has 1 fully saturated rings. The average molecular weight is 545 g/mol. The number of phenolic OH excluding ortho intramolecular Hbond substituents is 4. The second kappa shape index (κ2) is 12.3. The van der Waals surface area contributed by atoms with E-state index in [4.69, 9.17) is 14.2 Å². The fourth-order valence-corrected chi connectivity index (χ4v) is 3.92. The normalized spacial score (nSPS) is 23.0. The Labute approximate surface area is 222 Å². The van der Waals surface area contributed by atoms with Crippen molar-refractivity contribution < 1.29 is 59.2 Å². The van der Waals surface area contributed by atoms with Gasteiger partial charge in [0.15, 0.2) is 34.7 Å². The summed E-state index contributed by atoms with van der Waals surface area (Å²) >= 11 is 0. The number of hydrogen-bond acceptors (Lipinski definition) is 12. The fourth-order valence-electron chi connectivity index (χ4n) is 3.92. The molecule has 0 aliphatic heterocycles. The number of benzene rings is 2. The first kappa shape index (κ1) is 29.0. The van der Waals surface area contributed by atoms with Gasteiger partial charge in [0.1, 0.15) is 6.10 Å². The van der Waals surface area contributed by atoms with Gasteiger partial charge in [-0.3, -0.25) is 0 Å². The molecule has 4 atom stereocenters. The van der Waals surface area contributed by atoms with Gasteiger partial charge in [-0.2, -0.15) is 0 Å². The van der Waals surface area contributed by atoms with Crippen molar-refractivity contribution in [3.05, 3.63) is 59.7 Å². The average Bonchev–Trinajstić information content (AvgIpc) is 2.87. The Bertz CT molecular complexity index is 1280. The van der Waals surface area contributed by atoms with Gasteiger partial charge in [-0.1, -0.05) is 12.1 Å². The lowest BCUT2D eigenvalue weighted by Crippen LogP contribution is -2.58. The summed E-state index contributed by atoms with van der Waals surface area (Å²) in [5.74, 6) is -4.53. The van der Waals surface area contributed by atoms with Gasteiger partial charge in [0.25, 0.3) is 0 Å². The van der Waals surface area contributed by atoms with Crippen LogP contribution in [0.15, 0.2) is 48.6 Å². The van der Waals surface area contributed by atoms with Crippen molar-refractivity contribution in [1.29, 1.82) is 0 Å². The minimum atomic E-state index is -2.23. The Morgan fingerprint density at radius 3 is 1.85 bits per heavy atom. The lowest BCUT2D eigenvalue weighted by atomic mass is 9.79. The van der Waals surface area contributed by atoms with Crippen LogP contribution >= 0.6 is 0 Å². The Balaban J connectivity index is 1.78. The molecule has 0 amide bonds. The van der Waals surface area contributed by atoms with Crippen LogP contribution in [-0.2, 0) is 28.6 Å². The standard InChI is InChI=1S/C27H28O12/c1-2-37-26(35)27(36)13-21(32)25(39-24(34)10-6-16-4-8-18(29)20(31)12-16)22(14-27)38-23(33)9-5-15-3-7-17(28)19(30)11-15/h3-12,21-22,25,28-32,36H,2,13-14H2,1H3/b9-5+,10-6+/t21-,22-,25-,27+/m1/s1. The van der Waals surface area contributed by atoms with Gasteiger partial charge in [0.2, 0.25) is 0 Å². The Hall–Kier alpha value is -4.55. The first-order chi connectivity index (χ1) is 18.4. The molecule has 2 aromatic rings. The van der Waals surface area contributed by atoms with E-state index in [0.29, 0.717) is 11.1 Å². The van der Waals surface area contributed by atoms with Crippen molar-refractivity contribution in [1.82, 2.24) is 0 Å². The molecule has 1 saturated carbocycles. The molecule has 0 bridgehead atoms. The maximum absolute atomic E-state index is 12.6. The van der Waals surface area contributed by atoms with E-state index in [0.717, 1.165) is 12.2 Å². The Kier molecular flexibility index (Phi) is 9.17. The summed E-state index contributed by atoms with van der Waals surface area (Å²) < 4.78 is 15.5. The number of hydrogen-bond donors (Lipinski definition) is 6. The lowest BCUT2D eigenvalue weighted by molar-refractivity contribution is -0.207. The smallest absolute Gasteiger partial charge is 0.338 e. The molecule has 0 saturated heterocycles. The highest BCUT2D eigenvalue weighted by atomic mass is 16.6. The van der Waals surface area contributed by atoms with Crippen LogP contribution in [0.4, 0.5) is 0 Å². The van der Waals surface area contributed by atoms with Crippen molar-refractivity contribution in [3.63, 3.8) is 0 Å². The number of carbonyl (C=O) groups is 3. The highest BCUT2D eigenvalue weighted by molar-refractivity contribution is 5.88. The SMILES string of the molecule is CCOC(=O)[C@]1(O)C[C@@H](O)[C@@H](OC(=O)/C=C/c2ccc(O)c(O)c2)[C@H](OC(=O)/C=C/c2ccc(O)c(O)c2)C1. The zero-order valence-electron chi connectivity index (χ0n) is 20.8. The third-order valence-corrected chi connectivity index (χ3v) is 5.83. The van der Waals surface area contributed by atoms with E-state index < -0.39 is 66.2 Å². The number of aromatic hydroxyl groups is 4. The number of aliphatic hydroxyl groups excluding tert-OH is 1. The Morgan fingerprint density at radius 2 is 1.36 bits per heavy atom. The van der Waals surface area contributed by atoms with Gasteiger partial charge < -0.3 is 44.8 Å². The van der Waals surface area contributed by atoms with Gasteiger partial charge in [0, 0.05) is 25.0 Å². The van der Waals surface area contributed by atoms with E-state index in [1.54, 1.807) is 0 Å². The predicted molar refractivity (Wildman–Crippen MR) is 134 cm³/mol. The van der Waals surface area contributed by atoms with Gasteiger partial charge >= 0.3 is 17.9 Å². The monoisotopic (exact) mass is 544 g/mol. The van der Waals surface area contributed by atoms with Crippen LogP contribution in [0.2, 0.25) is 0 Å². The van der Waals surface area contributed by atoms with Gasteiger partial charge in [-0.05, 0) is 54.5 Å². The zero-order chi connectivity index (χ0) is 28.7. The summed E-state index contributed by atoms with van der Waals surface area (Å²) in [5, 5.41) is 59.5.